The molecule has 0 aliphatic rings. The monoisotopic (exact) mass is 326 g/mol. The lowest BCUT2D eigenvalue weighted by molar-refractivity contribution is -0.141. The summed E-state index contributed by atoms with van der Waals surface area (Å²) in [6, 6.07) is 4.05. The Morgan fingerprint density at radius 3 is 2.70 bits per heavy atom. The van der Waals surface area contributed by atoms with E-state index in [-0.39, 0.29) is 17.7 Å². The number of pyridine rings is 1. The van der Waals surface area contributed by atoms with Crippen molar-refractivity contribution < 1.29 is 17.9 Å². The molecule has 2 heterocycles. The van der Waals surface area contributed by atoms with Gasteiger partial charge in [-0.3, -0.25) is 4.98 Å². The van der Waals surface area contributed by atoms with E-state index in [1.54, 1.807) is 19.2 Å². The van der Waals surface area contributed by atoms with E-state index in [9.17, 15) is 13.2 Å². The Kier molecular flexibility index (Phi) is 5.49. The fourth-order valence-corrected chi connectivity index (χ4v) is 1.91. The Morgan fingerprint density at radius 2 is 2.09 bits per heavy atom. The first kappa shape index (κ1) is 17.1. The summed E-state index contributed by atoms with van der Waals surface area (Å²) < 4.78 is 44.1. The van der Waals surface area contributed by atoms with E-state index >= 15 is 0 Å². The van der Waals surface area contributed by atoms with Crippen LogP contribution in [-0.2, 0) is 10.9 Å². The Bertz CT molecular complexity index is 634. The molecule has 0 amide bonds. The molecule has 0 saturated carbocycles. The van der Waals surface area contributed by atoms with Gasteiger partial charge in [0.1, 0.15) is 5.82 Å². The molecule has 0 radical (unpaired) electrons. The van der Waals surface area contributed by atoms with Gasteiger partial charge in [0, 0.05) is 43.8 Å². The number of hydrogen-bond acceptors (Lipinski definition) is 5. The van der Waals surface area contributed by atoms with Crippen LogP contribution in [0.1, 0.15) is 19.0 Å². The van der Waals surface area contributed by atoms with Crippen LogP contribution in [0.2, 0.25) is 0 Å². The average Bonchev–Trinajstić information content (AvgIpc) is 2.52. The van der Waals surface area contributed by atoms with Crippen molar-refractivity contribution in [3.8, 4) is 11.4 Å². The fraction of sp³-hybridized carbons (Fsp3) is 0.400. The van der Waals surface area contributed by atoms with Crippen LogP contribution < -0.4 is 5.32 Å². The highest BCUT2D eigenvalue weighted by molar-refractivity contribution is 5.56. The van der Waals surface area contributed by atoms with E-state index < -0.39 is 11.9 Å². The number of nitrogens with one attached hydrogen (secondary N) is 1. The molecule has 2 aromatic rings. The van der Waals surface area contributed by atoms with Gasteiger partial charge in [0.2, 0.25) is 0 Å². The molecule has 0 saturated heterocycles. The molecule has 5 nitrogen and oxygen atoms in total. The lowest BCUT2D eigenvalue weighted by atomic mass is 10.2. The van der Waals surface area contributed by atoms with E-state index in [4.69, 9.17) is 4.74 Å². The first-order valence-electron chi connectivity index (χ1n) is 7.02. The topological polar surface area (TPSA) is 59.9 Å². The molecule has 0 aliphatic heterocycles. The van der Waals surface area contributed by atoms with Gasteiger partial charge < -0.3 is 10.1 Å². The van der Waals surface area contributed by atoms with Gasteiger partial charge in [0.15, 0.2) is 11.5 Å². The van der Waals surface area contributed by atoms with Crippen LogP contribution in [0.3, 0.4) is 0 Å². The minimum absolute atomic E-state index is 0.0191. The number of halogens is 3. The lowest BCUT2D eigenvalue weighted by Crippen LogP contribution is -2.19. The van der Waals surface area contributed by atoms with E-state index in [0.29, 0.717) is 18.6 Å². The van der Waals surface area contributed by atoms with Gasteiger partial charge in [-0.15, -0.1) is 0 Å². The Morgan fingerprint density at radius 1 is 1.30 bits per heavy atom. The first-order valence-corrected chi connectivity index (χ1v) is 7.02. The third kappa shape index (κ3) is 4.88. The summed E-state index contributed by atoms with van der Waals surface area (Å²) in [4.78, 5) is 11.7. The first-order chi connectivity index (χ1) is 10.9. The largest absolute Gasteiger partial charge is 0.433 e. The second kappa shape index (κ2) is 7.36. The maximum Gasteiger partial charge on any atom is 0.433 e. The second-order valence-corrected chi connectivity index (χ2v) is 5.03. The highest BCUT2D eigenvalue weighted by Gasteiger charge is 2.34. The summed E-state index contributed by atoms with van der Waals surface area (Å²) in [6.07, 6.45) is -0.951. The molecule has 2 aromatic heterocycles. The van der Waals surface area contributed by atoms with Gasteiger partial charge in [-0.05, 0) is 25.5 Å². The number of rotatable bonds is 6. The summed E-state index contributed by atoms with van der Waals surface area (Å²) in [5, 5.41) is 2.95. The minimum atomic E-state index is -4.55. The van der Waals surface area contributed by atoms with Gasteiger partial charge in [-0.2, -0.15) is 13.2 Å². The van der Waals surface area contributed by atoms with Gasteiger partial charge >= 0.3 is 6.18 Å². The van der Waals surface area contributed by atoms with Crippen molar-refractivity contribution in [1.29, 1.82) is 0 Å². The number of hydrogen-bond donors (Lipinski definition) is 1. The van der Waals surface area contributed by atoms with E-state index in [2.05, 4.69) is 20.3 Å². The third-order valence-electron chi connectivity index (χ3n) is 3.09. The van der Waals surface area contributed by atoms with Gasteiger partial charge in [-0.1, -0.05) is 0 Å². The lowest BCUT2D eigenvalue weighted by Gasteiger charge is -2.16. The van der Waals surface area contributed by atoms with Crippen molar-refractivity contribution in [3.63, 3.8) is 0 Å². The van der Waals surface area contributed by atoms with Gasteiger partial charge in [0.25, 0.3) is 0 Å². The third-order valence-corrected chi connectivity index (χ3v) is 3.09. The molecule has 0 fully saturated rings. The minimum Gasteiger partial charge on any atom is -0.385 e. The molecule has 0 aliphatic carbocycles. The van der Waals surface area contributed by atoms with Crippen molar-refractivity contribution in [3.05, 3.63) is 36.3 Å². The van der Waals surface area contributed by atoms with Crippen LogP contribution in [0, 0.1) is 0 Å². The average molecular weight is 326 g/mol. The summed E-state index contributed by atoms with van der Waals surface area (Å²) in [6.45, 7) is 2.35. The van der Waals surface area contributed by atoms with Crippen LogP contribution in [-0.4, -0.2) is 34.7 Å². The second-order valence-electron chi connectivity index (χ2n) is 5.03. The van der Waals surface area contributed by atoms with Crippen LogP contribution in [0.4, 0.5) is 19.0 Å². The van der Waals surface area contributed by atoms with Crippen molar-refractivity contribution in [2.45, 2.75) is 25.6 Å². The van der Waals surface area contributed by atoms with Gasteiger partial charge in [0.05, 0.1) is 0 Å². The zero-order valence-corrected chi connectivity index (χ0v) is 12.8. The summed E-state index contributed by atoms with van der Waals surface area (Å²) >= 11 is 0. The maximum atomic E-state index is 13.1. The number of methoxy groups -OCH3 is 1. The summed E-state index contributed by atoms with van der Waals surface area (Å²) in [5.41, 5.74) is -0.570. The van der Waals surface area contributed by atoms with E-state index in [1.165, 1.54) is 12.4 Å². The number of nitrogens with zero attached hydrogens (tertiary/aromatic N) is 3. The fourth-order valence-electron chi connectivity index (χ4n) is 1.91. The van der Waals surface area contributed by atoms with Crippen molar-refractivity contribution in [1.82, 2.24) is 15.0 Å². The normalized spacial score (nSPS) is 12.9. The Balaban J connectivity index is 2.34. The van der Waals surface area contributed by atoms with E-state index in [1.807, 2.05) is 6.92 Å². The highest BCUT2D eigenvalue weighted by Crippen LogP contribution is 2.30. The molecule has 124 valence electrons. The Hall–Kier alpha value is -2.22. The molecule has 2 rings (SSSR count). The number of aromatic nitrogens is 3. The maximum absolute atomic E-state index is 13.1. The molecule has 8 heteroatoms. The van der Waals surface area contributed by atoms with E-state index in [0.717, 1.165) is 6.07 Å². The van der Waals surface area contributed by atoms with Crippen molar-refractivity contribution in [2.24, 2.45) is 0 Å². The standard InChI is InChI=1S/C15H17F3N4O/c1-10(5-7-23-2)20-13-8-12(15(16,17)18)21-14(22-13)11-4-3-6-19-9-11/h3-4,6,8-10H,5,7H2,1-2H3,(H,20,21,22)/t10-/m1/s1. The number of anilines is 1. The zero-order valence-electron chi connectivity index (χ0n) is 12.8. The predicted octanol–water partition coefficient (Wildman–Crippen LogP) is 3.39. The Labute approximate surface area is 131 Å². The molecule has 1 N–H and O–H groups in total. The van der Waals surface area contributed by atoms with Crippen LogP contribution in [0.25, 0.3) is 11.4 Å². The molecular weight excluding hydrogens is 309 g/mol. The van der Waals surface area contributed by atoms with Crippen LogP contribution >= 0.6 is 0 Å². The summed E-state index contributed by atoms with van der Waals surface area (Å²) in [5.74, 6) is 0.101. The van der Waals surface area contributed by atoms with Crippen LogP contribution in [0.15, 0.2) is 30.6 Å². The molecule has 0 aromatic carbocycles. The molecule has 1 atom stereocenters. The molecule has 23 heavy (non-hydrogen) atoms. The number of alkyl halides is 3. The van der Waals surface area contributed by atoms with Crippen LogP contribution in [0.5, 0.6) is 0 Å². The molecule has 0 spiro atoms. The molecule has 0 unspecified atom stereocenters. The molecule has 0 bridgehead atoms. The quantitative estimate of drug-likeness (QED) is 0.882. The smallest absolute Gasteiger partial charge is 0.385 e. The molecular formula is C15H17F3N4O. The highest BCUT2D eigenvalue weighted by atomic mass is 19.4. The van der Waals surface area contributed by atoms with Gasteiger partial charge in [-0.25, -0.2) is 9.97 Å². The van der Waals surface area contributed by atoms with Crippen molar-refractivity contribution in [2.75, 3.05) is 19.0 Å². The number of ether oxygens (including phenoxy) is 1. The summed E-state index contributed by atoms with van der Waals surface area (Å²) in [7, 11) is 1.57. The van der Waals surface area contributed by atoms with Crippen molar-refractivity contribution >= 4 is 5.82 Å². The SMILES string of the molecule is COCC[C@@H](C)Nc1cc(C(F)(F)F)nc(-c2cccnc2)n1. The predicted molar refractivity (Wildman–Crippen MR) is 79.8 cm³/mol. The zero-order chi connectivity index (χ0) is 16.9.